The molecule has 135 valence electrons. The fraction of sp³-hybridized carbons (Fsp3) is 0.786. The van der Waals surface area contributed by atoms with Crippen LogP contribution in [0.2, 0.25) is 0 Å². The van der Waals surface area contributed by atoms with E-state index in [0.29, 0.717) is 12.8 Å². The van der Waals surface area contributed by atoms with E-state index in [1.807, 2.05) is 13.8 Å². The summed E-state index contributed by atoms with van der Waals surface area (Å²) in [5, 5.41) is 0. The van der Waals surface area contributed by atoms with Crippen molar-refractivity contribution in [1.82, 2.24) is 0 Å². The van der Waals surface area contributed by atoms with Crippen LogP contribution in [0.1, 0.15) is 60.3 Å². The van der Waals surface area contributed by atoms with Gasteiger partial charge in [-0.25, -0.2) is 0 Å². The maximum atomic E-state index is 11.6. The number of carbonyl (C=O) groups excluding carboxylic acids is 3. The molecule has 0 fully saturated rings. The standard InChI is InChI=1S/2C4H9O.3C2H4O2.Ti/c2*1-2-3-4-5;3*1-2(3)4;/h2*2-4H2,1H3;3*1H3,(H,3,4);/q2*-1;;;;+5/p-3. The van der Waals surface area contributed by atoms with E-state index in [0.717, 1.165) is 33.6 Å². The average Bonchev–Trinajstić information content (AvgIpc) is 2.36. The van der Waals surface area contributed by atoms with Gasteiger partial charge in [0.25, 0.3) is 0 Å². The molecule has 0 saturated heterocycles. The molecule has 0 amide bonds. The molecule has 0 bridgehead atoms. The van der Waals surface area contributed by atoms with E-state index < -0.39 is 35.2 Å². The Hall–Kier alpha value is -0.956. The molecule has 0 N–H and O–H groups in total. The van der Waals surface area contributed by atoms with Gasteiger partial charge in [0.15, 0.2) is 0 Å². The van der Waals surface area contributed by atoms with Crippen LogP contribution in [-0.4, -0.2) is 31.1 Å². The molecular formula is C14H27O8Ti. The molecule has 0 aromatic heterocycles. The third kappa shape index (κ3) is 7.92. The summed E-state index contributed by atoms with van der Waals surface area (Å²) in [5.41, 5.74) is 0. The molecule has 9 heteroatoms. The van der Waals surface area contributed by atoms with Crippen LogP contribution in [0.5, 0.6) is 0 Å². The van der Waals surface area contributed by atoms with Crippen LogP contribution in [0.15, 0.2) is 0 Å². The van der Waals surface area contributed by atoms with Crippen molar-refractivity contribution in [3.05, 3.63) is 0 Å². The van der Waals surface area contributed by atoms with Crippen molar-refractivity contribution in [3.63, 3.8) is 0 Å². The molecule has 0 aliphatic carbocycles. The Labute approximate surface area is 140 Å². The quantitative estimate of drug-likeness (QED) is 0.404. The Morgan fingerprint density at radius 3 is 1.22 bits per heavy atom. The Bertz CT molecular complexity index is 365. The zero-order valence-electron chi connectivity index (χ0n) is 14.5. The van der Waals surface area contributed by atoms with Crippen LogP contribution >= 0.6 is 0 Å². The summed E-state index contributed by atoms with van der Waals surface area (Å²) in [6, 6.07) is 0. The molecule has 8 nitrogen and oxygen atoms in total. The fourth-order valence-electron chi connectivity index (χ4n) is 1.75. The van der Waals surface area contributed by atoms with Crippen molar-refractivity contribution >= 4 is 17.9 Å². The number of hydrogen-bond donors (Lipinski definition) is 0. The van der Waals surface area contributed by atoms with Gasteiger partial charge in [0.1, 0.15) is 0 Å². The zero-order valence-corrected chi connectivity index (χ0v) is 16.1. The number of hydrogen-bond acceptors (Lipinski definition) is 8. The first kappa shape index (κ1) is 22.0. The normalized spacial score (nSPS) is 12.8. The topological polar surface area (TPSA) is 97.4 Å². The van der Waals surface area contributed by atoms with E-state index in [2.05, 4.69) is 0 Å². The molecule has 0 spiro atoms. The predicted molar refractivity (Wildman–Crippen MR) is 77.0 cm³/mol. The maximum absolute atomic E-state index is 11.6. The van der Waals surface area contributed by atoms with Crippen molar-refractivity contribution < 1.29 is 48.2 Å². The van der Waals surface area contributed by atoms with Crippen molar-refractivity contribution in [3.8, 4) is 0 Å². The van der Waals surface area contributed by atoms with E-state index in [4.69, 9.17) is 16.6 Å². The molecule has 0 aliphatic heterocycles. The molecule has 0 rings (SSSR count). The first-order valence-corrected chi connectivity index (χ1v) is 10.9. The summed E-state index contributed by atoms with van der Waals surface area (Å²) in [6.07, 6.45) is 2.72. The third-order valence-corrected chi connectivity index (χ3v) is 7.62. The molecular weight excluding hydrogens is 344 g/mol. The van der Waals surface area contributed by atoms with Crippen molar-refractivity contribution in [2.24, 2.45) is 0 Å². The molecule has 23 heavy (non-hydrogen) atoms. The third-order valence-electron chi connectivity index (χ3n) is 2.60. The minimum atomic E-state index is -5.99. The molecule has 0 unspecified atom stereocenters. The van der Waals surface area contributed by atoms with Crippen molar-refractivity contribution in [2.45, 2.75) is 60.3 Å². The van der Waals surface area contributed by atoms with Gasteiger partial charge in [-0.2, -0.15) is 0 Å². The van der Waals surface area contributed by atoms with Gasteiger partial charge in [-0.15, -0.1) is 0 Å². The first-order valence-electron chi connectivity index (χ1n) is 7.74. The molecule has 0 heterocycles. The van der Waals surface area contributed by atoms with Crippen LogP contribution in [0.25, 0.3) is 0 Å². The van der Waals surface area contributed by atoms with Crippen LogP contribution in [-0.2, 0) is 48.2 Å². The second-order valence-corrected chi connectivity index (χ2v) is 9.48. The molecule has 0 aromatic rings. The van der Waals surface area contributed by atoms with Gasteiger partial charge in [0.2, 0.25) is 0 Å². The minimum absolute atomic E-state index is 0.0632. The van der Waals surface area contributed by atoms with Crippen molar-refractivity contribution in [2.75, 3.05) is 13.2 Å². The van der Waals surface area contributed by atoms with Crippen LogP contribution in [0, 0.1) is 0 Å². The molecule has 0 radical (unpaired) electrons. The molecule has 0 saturated carbocycles. The predicted octanol–water partition coefficient (Wildman–Crippen LogP) is 2.57. The van der Waals surface area contributed by atoms with Gasteiger partial charge < -0.3 is 0 Å². The summed E-state index contributed by atoms with van der Waals surface area (Å²) in [6.45, 7) is 7.27. The first-order chi connectivity index (χ1) is 10.7. The van der Waals surface area contributed by atoms with Gasteiger partial charge in [-0.05, 0) is 0 Å². The van der Waals surface area contributed by atoms with Gasteiger partial charge in [0.05, 0.1) is 0 Å². The van der Waals surface area contributed by atoms with Crippen molar-refractivity contribution in [1.29, 1.82) is 0 Å². The number of rotatable bonds is 11. The SMILES string of the molecule is CCCC[O][Ti]([O]CCCC)([O]C(C)=O)([O]C(C)=O)[O]C(C)=O. The van der Waals surface area contributed by atoms with E-state index >= 15 is 0 Å². The van der Waals surface area contributed by atoms with E-state index in [1.54, 1.807) is 0 Å². The second kappa shape index (κ2) is 10.0. The zero-order chi connectivity index (χ0) is 18.0. The van der Waals surface area contributed by atoms with Gasteiger partial charge in [-0.1, -0.05) is 0 Å². The summed E-state index contributed by atoms with van der Waals surface area (Å²) in [7, 11) is 0. The Morgan fingerprint density at radius 1 is 0.696 bits per heavy atom. The van der Waals surface area contributed by atoms with Gasteiger partial charge in [0, 0.05) is 0 Å². The van der Waals surface area contributed by atoms with Crippen LogP contribution < -0.4 is 0 Å². The van der Waals surface area contributed by atoms with Crippen LogP contribution in [0.4, 0.5) is 0 Å². The van der Waals surface area contributed by atoms with Gasteiger partial charge >= 0.3 is 140 Å². The van der Waals surface area contributed by atoms with E-state index in [-0.39, 0.29) is 13.2 Å². The Balaban J connectivity index is 5.80. The van der Waals surface area contributed by atoms with Gasteiger partial charge in [-0.3, -0.25) is 0 Å². The average molecular weight is 371 g/mol. The second-order valence-electron chi connectivity index (χ2n) is 5.02. The summed E-state index contributed by atoms with van der Waals surface area (Å²) < 4.78 is 26.6. The molecule has 0 aromatic carbocycles. The summed E-state index contributed by atoms with van der Waals surface area (Å²) in [4.78, 5) is 34.7. The summed E-state index contributed by atoms with van der Waals surface area (Å²) >= 11 is -5.99. The number of carbonyl (C=O) groups is 3. The molecule has 0 atom stereocenters. The summed E-state index contributed by atoms with van der Waals surface area (Å²) in [5.74, 6) is -2.47. The molecule has 0 aliphatic rings. The Morgan fingerprint density at radius 2 is 1.00 bits per heavy atom. The number of unbranched alkanes of at least 4 members (excludes halogenated alkanes) is 2. The van der Waals surface area contributed by atoms with Crippen LogP contribution in [0.3, 0.4) is 0 Å². The van der Waals surface area contributed by atoms with E-state index in [9.17, 15) is 14.4 Å². The van der Waals surface area contributed by atoms with E-state index in [1.165, 1.54) is 0 Å². The fourth-order valence-corrected chi connectivity index (χ4v) is 6.32. The Kier molecular flexibility index (Phi) is 9.61. The monoisotopic (exact) mass is 371 g/mol.